The number of rotatable bonds is 7. The van der Waals surface area contributed by atoms with Crippen LogP contribution in [0.1, 0.15) is 52.4 Å². The molecular formula is C14H28N2. The lowest BCUT2D eigenvalue weighted by Crippen LogP contribution is -2.51. The van der Waals surface area contributed by atoms with Gasteiger partial charge in [-0.3, -0.25) is 0 Å². The van der Waals surface area contributed by atoms with Gasteiger partial charge in [-0.05, 0) is 50.5 Å². The predicted molar refractivity (Wildman–Crippen MR) is 69.3 cm³/mol. The summed E-state index contributed by atoms with van der Waals surface area (Å²) in [5.41, 5.74) is 6.14. The molecule has 0 spiro atoms. The third kappa shape index (κ3) is 3.21. The van der Waals surface area contributed by atoms with E-state index in [9.17, 15) is 0 Å². The molecule has 0 bridgehead atoms. The predicted octanol–water partition coefficient (Wildman–Crippen LogP) is 2.53. The average Bonchev–Trinajstić information content (AvgIpc) is 3.04. The first-order chi connectivity index (χ1) is 7.63. The first-order valence-electron chi connectivity index (χ1n) is 7.08. The van der Waals surface area contributed by atoms with E-state index in [-0.39, 0.29) is 5.54 Å². The molecule has 2 aliphatic carbocycles. The second-order valence-electron chi connectivity index (χ2n) is 6.46. The second-order valence-corrected chi connectivity index (χ2v) is 6.46. The van der Waals surface area contributed by atoms with Crippen LogP contribution in [0.4, 0.5) is 0 Å². The molecule has 2 fully saturated rings. The lowest BCUT2D eigenvalue weighted by molar-refractivity contribution is 0.200. The van der Waals surface area contributed by atoms with Crippen LogP contribution in [0.15, 0.2) is 0 Å². The molecule has 0 aromatic heterocycles. The molecule has 2 nitrogen and oxygen atoms in total. The van der Waals surface area contributed by atoms with Gasteiger partial charge in [0, 0.05) is 12.1 Å². The summed E-state index contributed by atoms with van der Waals surface area (Å²) in [5.74, 6) is 2.78. The molecule has 0 aromatic carbocycles. The Bertz CT molecular complexity index is 221. The maximum absolute atomic E-state index is 5.95. The second kappa shape index (κ2) is 5.05. The summed E-state index contributed by atoms with van der Waals surface area (Å²) < 4.78 is 0. The topological polar surface area (TPSA) is 38.0 Å². The van der Waals surface area contributed by atoms with E-state index in [0.717, 1.165) is 30.8 Å². The number of hydrogen-bond donors (Lipinski definition) is 2. The Balaban J connectivity index is 1.73. The van der Waals surface area contributed by atoms with Gasteiger partial charge < -0.3 is 11.1 Å². The van der Waals surface area contributed by atoms with Crippen molar-refractivity contribution in [3.63, 3.8) is 0 Å². The van der Waals surface area contributed by atoms with Crippen molar-refractivity contribution in [3.8, 4) is 0 Å². The van der Waals surface area contributed by atoms with E-state index < -0.39 is 0 Å². The van der Waals surface area contributed by atoms with Crippen LogP contribution in [0.25, 0.3) is 0 Å². The van der Waals surface area contributed by atoms with E-state index in [1.165, 1.54) is 38.5 Å². The highest BCUT2D eigenvalue weighted by Gasteiger charge is 2.32. The minimum atomic E-state index is 0.189. The van der Waals surface area contributed by atoms with Crippen LogP contribution in [0.5, 0.6) is 0 Å². The molecule has 0 radical (unpaired) electrons. The van der Waals surface area contributed by atoms with Gasteiger partial charge in [0.2, 0.25) is 0 Å². The van der Waals surface area contributed by atoms with Gasteiger partial charge in [-0.2, -0.15) is 0 Å². The van der Waals surface area contributed by atoms with Gasteiger partial charge in [-0.15, -0.1) is 0 Å². The maximum Gasteiger partial charge on any atom is 0.0278 e. The molecule has 0 saturated heterocycles. The van der Waals surface area contributed by atoms with Crippen LogP contribution in [-0.2, 0) is 0 Å². The summed E-state index contributed by atoms with van der Waals surface area (Å²) in [6.07, 6.45) is 8.46. The van der Waals surface area contributed by atoms with Crippen LogP contribution in [0, 0.1) is 17.8 Å². The van der Waals surface area contributed by atoms with Crippen LogP contribution in [-0.4, -0.2) is 18.6 Å². The molecule has 94 valence electrons. The van der Waals surface area contributed by atoms with Crippen LogP contribution >= 0.6 is 0 Å². The van der Waals surface area contributed by atoms with Gasteiger partial charge in [0.15, 0.2) is 0 Å². The Morgan fingerprint density at radius 3 is 2.44 bits per heavy atom. The summed E-state index contributed by atoms with van der Waals surface area (Å²) in [4.78, 5) is 0. The highest BCUT2D eigenvalue weighted by Crippen LogP contribution is 2.37. The van der Waals surface area contributed by atoms with Crippen molar-refractivity contribution in [1.82, 2.24) is 5.32 Å². The Kier molecular flexibility index (Phi) is 3.91. The Labute approximate surface area is 100 Å². The largest absolute Gasteiger partial charge is 0.329 e. The minimum Gasteiger partial charge on any atom is -0.329 e. The van der Waals surface area contributed by atoms with Gasteiger partial charge in [0.1, 0.15) is 0 Å². The Morgan fingerprint density at radius 2 is 2.00 bits per heavy atom. The first kappa shape index (κ1) is 12.4. The van der Waals surface area contributed by atoms with Gasteiger partial charge in [-0.1, -0.05) is 26.2 Å². The van der Waals surface area contributed by atoms with Crippen molar-refractivity contribution >= 4 is 0 Å². The fourth-order valence-electron chi connectivity index (χ4n) is 2.80. The summed E-state index contributed by atoms with van der Waals surface area (Å²) in [5, 5.41) is 3.74. The minimum absolute atomic E-state index is 0.189. The van der Waals surface area contributed by atoms with Crippen molar-refractivity contribution in [2.24, 2.45) is 23.5 Å². The zero-order valence-corrected chi connectivity index (χ0v) is 11.0. The lowest BCUT2D eigenvalue weighted by Gasteiger charge is -2.37. The lowest BCUT2D eigenvalue weighted by atomic mass is 9.76. The van der Waals surface area contributed by atoms with E-state index in [1.807, 2.05) is 0 Å². The van der Waals surface area contributed by atoms with Crippen molar-refractivity contribution in [2.75, 3.05) is 13.1 Å². The van der Waals surface area contributed by atoms with Crippen molar-refractivity contribution in [3.05, 3.63) is 0 Å². The van der Waals surface area contributed by atoms with Crippen LogP contribution < -0.4 is 11.1 Å². The monoisotopic (exact) mass is 224 g/mol. The van der Waals surface area contributed by atoms with E-state index in [0.29, 0.717) is 0 Å². The Morgan fingerprint density at radius 1 is 1.31 bits per heavy atom. The van der Waals surface area contributed by atoms with E-state index in [4.69, 9.17) is 5.73 Å². The highest BCUT2D eigenvalue weighted by molar-refractivity contribution is 4.90. The number of nitrogens with two attached hydrogens (primary N) is 1. The molecule has 2 aliphatic rings. The smallest absolute Gasteiger partial charge is 0.0278 e. The quantitative estimate of drug-likeness (QED) is 0.697. The molecule has 0 aromatic rings. The number of nitrogens with one attached hydrogen (secondary N) is 1. The van der Waals surface area contributed by atoms with Gasteiger partial charge in [0.25, 0.3) is 0 Å². The zero-order valence-electron chi connectivity index (χ0n) is 11.0. The molecule has 16 heavy (non-hydrogen) atoms. The normalized spacial score (nSPS) is 27.2. The molecule has 2 unspecified atom stereocenters. The number of hydrogen-bond acceptors (Lipinski definition) is 2. The molecule has 3 N–H and O–H groups in total. The molecule has 2 atom stereocenters. The van der Waals surface area contributed by atoms with Gasteiger partial charge in [0.05, 0.1) is 0 Å². The summed E-state index contributed by atoms with van der Waals surface area (Å²) in [7, 11) is 0. The van der Waals surface area contributed by atoms with E-state index in [1.54, 1.807) is 0 Å². The molecule has 2 rings (SSSR count). The van der Waals surface area contributed by atoms with Crippen molar-refractivity contribution in [1.29, 1.82) is 0 Å². The van der Waals surface area contributed by atoms with Gasteiger partial charge in [-0.25, -0.2) is 0 Å². The van der Waals surface area contributed by atoms with Crippen molar-refractivity contribution < 1.29 is 0 Å². The zero-order chi connectivity index (χ0) is 11.6. The third-order valence-corrected chi connectivity index (χ3v) is 4.69. The first-order valence-corrected chi connectivity index (χ1v) is 7.08. The van der Waals surface area contributed by atoms with Crippen LogP contribution in [0.2, 0.25) is 0 Å². The molecular weight excluding hydrogens is 196 g/mol. The Hall–Kier alpha value is -0.0800. The van der Waals surface area contributed by atoms with E-state index in [2.05, 4.69) is 19.2 Å². The summed E-state index contributed by atoms with van der Waals surface area (Å²) in [6, 6.07) is 0. The molecule has 0 aliphatic heterocycles. The van der Waals surface area contributed by atoms with Gasteiger partial charge >= 0.3 is 0 Å². The van der Waals surface area contributed by atoms with E-state index >= 15 is 0 Å². The highest BCUT2D eigenvalue weighted by atomic mass is 15.0. The molecule has 2 heteroatoms. The maximum atomic E-state index is 5.95. The third-order valence-electron chi connectivity index (χ3n) is 4.69. The fraction of sp³-hybridized carbons (Fsp3) is 1.00. The summed E-state index contributed by atoms with van der Waals surface area (Å²) in [6.45, 7) is 6.63. The van der Waals surface area contributed by atoms with Crippen LogP contribution in [0.3, 0.4) is 0 Å². The fourth-order valence-corrected chi connectivity index (χ4v) is 2.80. The molecule has 0 heterocycles. The average molecular weight is 224 g/mol. The van der Waals surface area contributed by atoms with Crippen molar-refractivity contribution in [2.45, 2.75) is 57.9 Å². The standard InChI is InChI=1S/C14H28N2/c1-11(13-6-7-13)9-16-14(2,10-15)8-12-4-3-5-12/h11-13,16H,3-10,15H2,1-2H3. The summed E-state index contributed by atoms with van der Waals surface area (Å²) >= 11 is 0. The molecule has 0 amide bonds. The SMILES string of the molecule is CC(CNC(C)(CN)CC1CCC1)C1CC1. The molecule has 2 saturated carbocycles.